The molecule has 0 aliphatic rings. The summed E-state index contributed by atoms with van der Waals surface area (Å²) in [5.41, 5.74) is 0.0791. The summed E-state index contributed by atoms with van der Waals surface area (Å²) in [6.45, 7) is 54.6. The minimum atomic E-state index is -0.988. The largest absolute Gasteiger partial charge is 0.420 e. The number of hydrogen-bond acceptors (Lipinski definition) is 8. The van der Waals surface area contributed by atoms with Gasteiger partial charge in [0.15, 0.2) is 72.3 Å². The third kappa shape index (κ3) is 55.7. The van der Waals surface area contributed by atoms with E-state index in [1.807, 2.05) is 0 Å². The van der Waals surface area contributed by atoms with Gasteiger partial charge in [-0.15, -0.1) is 0 Å². The fourth-order valence-corrected chi connectivity index (χ4v) is 30.5. The van der Waals surface area contributed by atoms with Crippen molar-refractivity contribution in [2.24, 2.45) is 0 Å². The average molecular weight is 1020 g/mol. The zero-order valence-corrected chi connectivity index (χ0v) is 55.7. The Hall–Kier alpha value is 1.42. The van der Waals surface area contributed by atoms with Crippen molar-refractivity contribution >= 4 is 72.3 Å². The summed E-state index contributed by atoms with van der Waals surface area (Å²) in [4.78, 5) is 0. The van der Waals surface area contributed by atoms with Gasteiger partial charge in [-0.25, -0.2) is 0 Å². The van der Waals surface area contributed by atoms with Crippen LogP contribution in [0.1, 0.15) is 151 Å². The third-order valence-corrected chi connectivity index (χ3v) is 31.9. The van der Waals surface area contributed by atoms with Crippen molar-refractivity contribution in [3.63, 3.8) is 0 Å². The molecule has 0 aromatic heterocycles. The molecule has 0 amide bonds. The molecule has 0 fully saturated rings. The molecule has 0 bridgehead atoms. The minimum Gasteiger partial charge on any atom is -0.420 e. The van der Waals surface area contributed by atoms with Crippen molar-refractivity contribution in [2.45, 2.75) is 286 Å². The molecule has 0 saturated heterocycles. The maximum absolute atomic E-state index is 6.15. The van der Waals surface area contributed by atoms with E-state index >= 15 is 0 Å². The Bertz CT molecular complexity index is 929. The lowest BCUT2D eigenvalue weighted by Gasteiger charge is -2.27. The lowest BCUT2D eigenvalue weighted by atomic mass is 10.2. The SMILES string of the molecule is CCCO[SiH](C)CC[SiH](CC)OC(C)(C)C.CCCO[SiH](C)CC[SiH](CC)OC(C)C.CC[SiH](CC[SiH](C)OC(C)(C)C)OC(C)C.CC[SiH](CC[SiH](C)OC(C)C)OC(C)C. The first-order chi connectivity index (χ1) is 28.7. The summed E-state index contributed by atoms with van der Waals surface area (Å²) in [6.07, 6.45) is 3.91. The van der Waals surface area contributed by atoms with Crippen LogP contribution < -0.4 is 0 Å². The second kappa shape index (κ2) is 43.7. The van der Waals surface area contributed by atoms with Gasteiger partial charge in [0.2, 0.25) is 0 Å². The second-order valence-electron chi connectivity index (χ2n) is 20.6. The smallest absolute Gasteiger partial charge is 0.177 e. The highest BCUT2D eigenvalue weighted by molar-refractivity contribution is 6.59. The van der Waals surface area contributed by atoms with Crippen LogP contribution in [-0.4, -0.2) is 121 Å². The van der Waals surface area contributed by atoms with E-state index in [2.05, 4.69) is 165 Å². The number of hydrogen-bond donors (Lipinski definition) is 0. The van der Waals surface area contributed by atoms with E-state index in [4.69, 9.17) is 35.4 Å². The average Bonchev–Trinajstić information content (AvgIpc) is 3.15. The highest BCUT2D eigenvalue weighted by Gasteiger charge is 2.21. The van der Waals surface area contributed by atoms with E-state index in [1.165, 1.54) is 72.5 Å². The molecule has 380 valence electrons. The molecule has 0 N–H and O–H groups in total. The Kier molecular flexibility index (Phi) is 49.3. The maximum atomic E-state index is 6.15. The van der Waals surface area contributed by atoms with E-state index in [0.29, 0.717) is 24.4 Å². The molecule has 8 nitrogen and oxygen atoms in total. The predicted octanol–water partition coefficient (Wildman–Crippen LogP) is 12.5. The molecule has 0 saturated carbocycles. The molecule has 62 heavy (non-hydrogen) atoms. The van der Waals surface area contributed by atoms with E-state index < -0.39 is 72.3 Å². The zero-order valence-electron chi connectivity index (χ0n) is 46.5. The van der Waals surface area contributed by atoms with Gasteiger partial charge in [0, 0.05) is 48.8 Å². The molecule has 0 rings (SSSR count). The number of rotatable bonds is 32. The molecule has 0 heterocycles. The van der Waals surface area contributed by atoms with Gasteiger partial charge in [-0.2, -0.15) is 0 Å². The second-order valence-corrected chi connectivity index (χ2v) is 42.2. The van der Waals surface area contributed by atoms with Crippen LogP contribution >= 0.6 is 0 Å². The highest BCUT2D eigenvalue weighted by atomic mass is 28.3. The van der Waals surface area contributed by atoms with Crippen LogP contribution in [-0.2, 0) is 35.4 Å². The van der Waals surface area contributed by atoms with Crippen molar-refractivity contribution in [2.75, 3.05) is 13.2 Å². The molecule has 0 aromatic carbocycles. The van der Waals surface area contributed by atoms with Crippen LogP contribution in [0.25, 0.3) is 0 Å². The molecular weight excluding hydrogens is 905 g/mol. The van der Waals surface area contributed by atoms with Crippen molar-refractivity contribution in [3.05, 3.63) is 0 Å². The van der Waals surface area contributed by atoms with Gasteiger partial charge in [-0.1, -0.05) is 41.5 Å². The van der Waals surface area contributed by atoms with E-state index in [0.717, 1.165) is 26.1 Å². The fourth-order valence-electron chi connectivity index (χ4n) is 6.79. The van der Waals surface area contributed by atoms with Gasteiger partial charge in [-0.3, -0.25) is 0 Å². The molecule has 0 radical (unpaired) electrons. The minimum absolute atomic E-state index is 0.0355. The monoisotopic (exact) mass is 1020 g/mol. The standard InChI is InChI=1S/2C12H30O2Si2.2C11H28O2Si2/c1-8-16(13-11(2)3)10-9-15(7)14-12(4,5)6;1-7-9-13-15(6)10-11-16(8-2)14-12(3,4)5;1-7-15(13-11(4)5)9-8-14(6)12-10(2)3;1-6-8-12-14(5)9-10-15(7-2)13-11(3)4/h11,15-16H,8-10H2,1-7H3;15-16H,7-11H2,1-6H3;10-11,14-15H,7-9H2,1-6H3;11,14-15H,6-10H2,1-5H3. The van der Waals surface area contributed by atoms with E-state index in [1.54, 1.807) is 0 Å². The Morgan fingerprint density at radius 2 is 0.613 bits per heavy atom. The molecule has 0 spiro atoms. The molecule has 0 aliphatic carbocycles. The highest BCUT2D eigenvalue weighted by Crippen LogP contribution is 2.18. The van der Waals surface area contributed by atoms with Gasteiger partial charge in [0.05, 0.1) is 0 Å². The maximum Gasteiger partial charge on any atom is 0.177 e. The molecule has 16 heteroatoms. The zero-order chi connectivity index (χ0) is 48.9. The first kappa shape index (κ1) is 70.0. The van der Waals surface area contributed by atoms with Crippen LogP contribution in [0.5, 0.6) is 0 Å². The van der Waals surface area contributed by atoms with Crippen LogP contribution in [0.15, 0.2) is 0 Å². The molecule has 8 atom stereocenters. The van der Waals surface area contributed by atoms with E-state index in [9.17, 15) is 0 Å². The Morgan fingerprint density at radius 1 is 0.339 bits per heavy atom. The van der Waals surface area contributed by atoms with Gasteiger partial charge in [-0.05, 0) is 208 Å². The Morgan fingerprint density at radius 3 is 0.871 bits per heavy atom. The van der Waals surface area contributed by atoms with Crippen molar-refractivity contribution in [1.29, 1.82) is 0 Å². The summed E-state index contributed by atoms with van der Waals surface area (Å²) >= 11 is 0. The summed E-state index contributed by atoms with van der Waals surface area (Å²) in [6, 6.07) is 15.3. The van der Waals surface area contributed by atoms with Crippen LogP contribution in [0.2, 0.25) is 98.7 Å². The van der Waals surface area contributed by atoms with E-state index in [-0.39, 0.29) is 11.2 Å². The van der Waals surface area contributed by atoms with Crippen molar-refractivity contribution in [3.8, 4) is 0 Å². The van der Waals surface area contributed by atoms with Crippen LogP contribution in [0, 0.1) is 0 Å². The topological polar surface area (TPSA) is 73.8 Å². The molecular formula is C46H116O8Si8. The summed E-state index contributed by atoms with van der Waals surface area (Å²) < 4.78 is 47.6. The molecule has 8 unspecified atom stereocenters. The Balaban J connectivity index is -0.000000362. The summed E-state index contributed by atoms with van der Waals surface area (Å²) in [7, 11) is -7.43. The van der Waals surface area contributed by atoms with Gasteiger partial charge in [0.1, 0.15) is 0 Å². The normalized spacial score (nSPS) is 16.1. The van der Waals surface area contributed by atoms with Gasteiger partial charge >= 0.3 is 0 Å². The summed E-state index contributed by atoms with van der Waals surface area (Å²) in [5.74, 6) is 0. The van der Waals surface area contributed by atoms with Crippen molar-refractivity contribution in [1.82, 2.24) is 0 Å². The lowest BCUT2D eigenvalue weighted by molar-refractivity contribution is 0.128. The molecule has 0 aromatic rings. The van der Waals surface area contributed by atoms with Gasteiger partial charge < -0.3 is 35.4 Å². The fraction of sp³-hybridized carbons (Fsp3) is 1.00. The predicted molar refractivity (Wildman–Crippen MR) is 300 cm³/mol. The van der Waals surface area contributed by atoms with Crippen LogP contribution in [0.3, 0.4) is 0 Å². The molecule has 0 aliphatic heterocycles. The summed E-state index contributed by atoms with van der Waals surface area (Å²) in [5, 5.41) is 0. The third-order valence-electron chi connectivity index (χ3n) is 9.59. The first-order valence-electron chi connectivity index (χ1n) is 25.9. The van der Waals surface area contributed by atoms with Crippen molar-refractivity contribution < 1.29 is 35.4 Å². The Labute approximate surface area is 404 Å². The quantitative estimate of drug-likeness (QED) is 0.0617. The first-order valence-corrected chi connectivity index (χ1v) is 44.1. The van der Waals surface area contributed by atoms with Crippen LogP contribution in [0.4, 0.5) is 0 Å². The van der Waals surface area contributed by atoms with Gasteiger partial charge in [0.25, 0.3) is 0 Å². The lowest BCUT2D eigenvalue weighted by Crippen LogP contribution is -2.31.